The number of carbonyl (C=O) groups is 3. The average molecular weight is 356 g/mol. The largest absolute Gasteiger partial charge is 0.464 e. The fourth-order valence-electron chi connectivity index (χ4n) is 2.42. The van der Waals surface area contributed by atoms with Crippen molar-refractivity contribution in [2.45, 2.75) is 39.2 Å². The van der Waals surface area contributed by atoms with Crippen LogP contribution in [0.4, 0.5) is 0 Å². The molecule has 24 heavy (non-hydrogen) atoms. The number of esters is 2. The van der Waals surface area contributed by atoms with Crippen LogP contribution in [0, 0.1) is 0 Å². The number of benzene rings is 1. The average Bonchev–Trinajstić information content (AvgIpc) is 2.52. The number of hydrogen-bond acceptors (Lipinski definition) is 5. The molecule has 132 valence electrons. The first-order valence-electron chi connectivity index (χ1n) is 7.68. The van der Waals surface area contributed by atoms with Crippen LogP contribution in [0.1, 0.15) is 39.2 Å². The zero-order chi connectivity index (χ0) is 18.3. The zero-order valence-electron chi connectivity index (χ0n) is 14.2. The molecule has 1 rings (SSSR count). The number of halogens is 1. The summed E-state index contributed by atoms with van der Waals surface area (Å²) in [5.74, 6) is -2.99. The molecule has 6 nitrogen and oxygen atoms in total. The van der Waals surface area contributed by atoms with Gasteiger partial charge in [0.15, 0.2) is 0 Å². The molecule has 0 saturated heterocycles. The number of nitrogens with one attached hydrogen (secondary N) is 1. The number of amides is 1. The molecule has 0 heterocycles. The molecule has 1 atom stereocenters. The van der Waals surface area contributed by atoms with Crippen molar-refractivity contribution in [1.82, 2.24) is 5.32 Å². The Balaban J connectivity index is 3.46. The third-order valence-electron chi connectivity index (χ3n) is 3.59. The highest BCUT2D eigenvalue weighted by atomic mass is 35.5. The first-order valence-corrected chi connectivity index (χ1v) is 8.06. The minimum absolute atomic E-state index is 0.0624. The predicted octanol–water partition coefficient (Wildman–Crippen LogP) is 2.44. The van der Waals surface area contributed by atoms with Crippen molar-refractivity contribution in [2.75, 3.05) is 13.2 Å². The first kappa shape index (κ1) is 20.0. The van der Waals surface area contributed by atoms with Gasteiger partial charge < -0.3 is 14.8 Å². The van der Waals surface area contributed by atoms with E-state index in [1.165, 1.54) is 6.92 Å². The van der Waals surface area contributed by atoms with Crippen molar-refractivity contribution in [1.29, 1.82) is 0 Å². The molecule has 0 aromatic heterocycles. The lowest BCUT2D eigenvalue weighted by molar-refractivity contribution is -0.169. The van der Waals surface area contributed by atoms with Gasteiger partial charge in [0.2, 0.25) is 11.4 Å². The van der Waals surface area contributed by atoms with Crippen LogP contribution in [0.3, 0.4) is 0 Å². The molecule has 1 unspecified atom stereocenters. The molecule has 0 aliphatic carbocycles. The summed E-state index contributed by atoms with van der Waals surface area (Å²) in [5, 5.41) is 2.97. The molecule has 1 N–H and O–H groups in total. The van der Waals surface area contributed by atoms with Crippen LogP contribution in [0.15, 0.2) is 24.3 Å². The van der Waals surface area contributed by atoms with Crippen LogP contribution in [-0.4, -0.2) is 36.6 Å². The summed E-state index contributed by atoms with van der Waals surface area (Å²) in [6.45, 7) is 6.23. The van der Waals surface area contributed by atoms with Crippen LogP contribution in [0.5, 0.6) is 0 Å². The topological polar surface area (TPSA) is 81.7 Å². The zero-order valence-corrected chi connectivity index (χ0v) is 15.0. The van der Waals surface area contributed by atoms with E-state index in [2.05, 4.69) is 5.32 Å². The van der Waals surface area contributed by atoms with Crippen molar-refractivity contribution in [2.24, 2.45) is 0 Å². The molecule has 7 heteroatoms. The maximum atomic E-state index is 12.6. The third kappa shape index (κ3) is 4.26. The Morgan fingerprint density at radius 2 is 1.54 bits per heavy atom. The van der Waals surface area contributed by atoms with Gasteiger partial charge >= 0.3 is 11.9 Å². The molecular formula is C17H22ClNO5. The van der Waals surface area contributed by atoms with E-state index in [0.717, 1.165) is 0 Å². The fourth-order valence-corrected chi connectivity index (χ4v) is 2.54. The Bertz CT molecular complexity index is 582. The van der Waals surface area contributed by atoms with E-state index in [1.54, 1.807) is 45.0 Å². The van der Waals surface area contributed by atoms with Gasteiger partial charge in [-0.3, -0.25) is 4.79 Å². The van der Waals surface area contributed by atoms with E-state index in [4.69, 9.17) is 21.1 Å². The molecule has 0 saturated carbocycles. The van der Waals surface area contributed by atoms with Crippen LogP contribution in [0.25, 0.3) is 0 Å². The third-order valence-corrected chi connectivity index (χ3v) is 3.84. The summed E-state index contributed by atoms with van der Waals surface area (Å²) in [7, 11) is 0. The highest BCUT2D eigenvalue weighted by Crippen LogP contribution is 2.32. The Kier molecular flexibility index (Phi) is 7.22. The van der Waals surface area contributed by atoms with Crippen molar-refractivity contribution < 1.29 is 23.9 Å². The van der Waals surface area contributed by atoms with Gasteiger partial charge in [0.1, 0.15) is 0 Å². The van der Waals surface area contributed by atoms with Crippen LogP contribution >= 0.6 is 11.6 Å². The summed E-state index contributed by atoms with van der Waals surface area (Å²) in [6.07, 6.45) is 0. The number of hydrogen-bond donors (Lipinski definition) is 1. The molecular weight excluding hydrogens is 334 g/mol. The number of carbonyl (C=O) groups excluding carboxylic acids is 3. The normalized spacial score (nSPS) is 12.2. The standard InChI is InChI=1S/C17H22ClNO5/c1-5-23-15(21)17(19-12(4)20,16(22)24-6-2)11(3)13-7-9-14(18)10-8-13/h7-11H,5-6H2,1-4H3,(H,19,20). The molecule has 0 aliphatic rings. The van der Waals surface area contributed by atoms with Gasteiger partial charge in [-0.25, -0.2) is 9.59 Å². The lowest BCUT2D eigenvalue weighted by Gasteiger charge is -2.35. The van der Waals surface area contributed by atoms with Crippen molar-refractivity contribution in [3.05, 3.63) is 34.9 Å². The maximum Gasteiger partial charge on any atom is 0.344 e. The fraction of sp³-hybridized carbons (Fsp3) is 0.471. The number of ether oxygens (including phenoxy) is 2. The molecule has 0 bridgehead atoms. The van der Waals surface area contributed by atoms with Gasteiger partial charge in [0, 0.05) is 17.9 Å². The molecule has 0 radical (unpaired) electrons. The smallest absolute Gasteiger partial charge is 0.344 e. The van der Waals surface area contributed by atoms with Crippen molar-refractivity contribution >= 4 is 29.4 Å². The monoisotopic (exact) mass is 355 g/mol. The second-order valence-electron chi connectivity index (χ2n) is 5.20. The van der Waals surface area contributed by atoms with Gasteiger partial charge in [-0.15, -0.1) is 0 Å². The Morgan fingerprint density at radius 1 is 1.08 bits per heavy atom. The van der Waals surface area contributed by atoms with Crippen molar-refractivity contribution in [3.8, 4) is 0 Å². The Hall–Kier alpha value is -2.08. The molecule has 0 fully saturated rings. The molecule has 1 aromatic rings. The van der Waals surface area contributed by atoms with Gasteiger partial charge in [-0.1, -0.05) is 30.7 Å². The van der Waals surface area contributed by atoms with Crippen molar-refractivity contribution in [3.63, 3.8) is 0 Å². The maximum absolute atomic E-state index is 12.6. The van der Waals surface area contributed by atoms with E-state index >= 15 is 0 Å². The van der Waals surface area contributed by atoms with Crippen LogP contribution in [0.2, 0.25) is 5.02 Å². The highest BCUT2D eigenvalue weighted by molar-refractivity contribution is 6.30. The van der Waals surface area contributed by atoms with Crippen LogP contribution < -0.4 is 5.32 Å². The van der Waals surface area contributed by atoms with Gasteiger partial charge in [-0.2, -0.15) is 0 Å². The molecule has 0 aliphatic heterocycles. The second-order valence-corrected chi connectivity index (χ2v) is 5.64. The minimum atomic E-state index is -1.97. The number of rotatable bonds is 7. The van der Waals surface area contributed by atoms with E-state index in [0.29, 0.717) is 10.6 Å². The molecule has 1 amide bonds. The highest BCUT2D eigenvalue weighted by Gasteiger charge is 2.54. The SMILES string of the molecule is CCOC(=O)C(NC(C)=O)(C(=O)OCC)C(C)c1ccc(Cl)cc1. The Labute approximate surface area is 146 Å². The summed E-state index contributed by atoms with van der Waals surface area (Å²) < 4.78 is 10.1. The Morgan fingerprint density at radius 3 is 1.92 bits per heavy atom. The summed E-state index contributed by atoms with van der Waals surface area (Å²) in [6, 6.07) is 6.65. The lowest BCUT2D eigenvalue weighted by Crippen LogP contribution is -2.64. The lowest BCUT2D eigenvalue weighted by atomic mass is 9.80. The quantitative estimate of drug-likeness (QED) is 0.600. The predicted molar refractivity (Wildman–Crippen MR) is 89.7 cm³/mol. The van der Waals surface area contributed by atoms with E-state index < -0.39 is 29.3 Å². The van der Waals surface area contributed by atoms with E-state index in [9.17, 15) is 14.4 Å². The van der Waals surface area contributed by atoms with Gasteiger partial charge in [-0.05, 0) is 31.5 Å². The minimum Gasteiger partial charge on any atom is -0.464 e. The van der Waals surface area contributed by atoms with E-state index in [1.807, 2.05) is 0 Å². The molecule has 1 aromatic carbocycles. The van der Waals surface area contributed by atoms with Crippen LogP contribution in [-0.2, 0) is 23.9 Å². The summed E-state index contributed by atoms with van der Waals surface area (Å²) in [5.41, 5.74) is -1.33. The second kappa shape index (κ2) is 8.68. The summed E-state index contributed by atoms with van der Waals surface area (Å²) in [4.78, 5) is 37.0. The first-order chi connectivity index (χ1) is 11.3. The van der Waals surface area contributed by atoms with E-state index in [-0.39, 0.29) is 13.2 Å². The molecule has 0 spiro atoms. The van der Waals surface area contributed by atoms with Gasteiger partial charge in [0.25, 0.3) is 0 Å². The van der Waals surface area contributed by atoms with Gasteiger partial charge in [0.05, 0.1) is 13.2 Å². The summed E-state index contributed by atoms with van der Waals surface area (Å²) >= 11 is 5.89.